The van der Waals surface area contributed by atoms with Gasteiger partial charge >= 0.3 is 6.09 Å². The lowest BCUT2D eigenvalue weighted by atomic mass is 10.1. The summed E-state index contributed by atoms with van der Waals surface area (Å²) in [7, 11) is 0. The molecule has 1 aliphatic heterocycles. The molecule has 1 aromatic heterocycles. The molecule has 1 saturated carbocycles. The maximum atomic E-state index is 12.3. The Kier molecular flexibility index (Phi) is 3.03. The van der Waals surface area contributed by atoms with Gasteiger partial charge in [0.05, 0.1) is 15.9 Å². The lowest BCUT2D eigenvalue weighted by Gasteiger charge is -2.29. The minimum absolute atomic E-state index is 0.0436. The van der Waals surface area contributed by atoms with Gasteiger partial charge in [0.2, 0.25) is 0 Å². The highest BCUT2D eigenvalue weighted by atomic mass is 127. The van der Waals surface area contributed by atoms with Crippen molar-refractivity contribution in [2.24, 2.45) is 5.92 Å². The number of nitrogens with zero attached hydrogens (tertiary/aromatic N) is 2. The predicted octanol–water partition coefficient (Wildman–Crippen LogP) is 3.08. The first-order valence-corrected chi connectivity index (χ1v) is 7.65. The van der Waals surface area contributed by atoms with Gasteiger partial charge in [-0.25, -0.2) is 9.78 Å². The number of likely N-dealkylation sites (tertiary alicyclic amines) is 1. The average Bonchev–Trinajstić information content (AvgIpc) is 2.73. The molecule has 2 heterocycles. The van der Waals surface area contributed by atoms with Crippen LogP contribution in [0.25, 0.3) is 0 Å². The number of carbonyl (C=O) groups is 1. The average molecular weight is 375 g/mol. The number of imidazole rings is 1. The van der Waals surface area contributed by atoms with Gasteiger partial charge in [0.1, 0.15) is 11.4 Å². The highest BCUT2D eigenvalue weighted by Crippen LogP contribution is 2.53. The summed E-state index contributed by atoms with van der Waals surface area (Å²) in [6.45, 7) is 5.70. The second-order valence-electron chi connectivity index (χ2n) is 6.32. The van der Waals surface area contributed by atoms with Crippen LogP contribution in [0.4, 0.5) is 4.79 Å². The van der Waals surface area contributed by atoms with Crippen molar-refractivity contribution >= 4 is 28.7 Å². The van der Waals surface area contributed by atoms with E-state index in [1.54, 1.807) is 6.20 Å². The van der Waals surface area contributed by atoms with E-state index in [9.17, 15) is 4.79 Å². The van der Waals surface area contributed by atoms with Crippen LogP contribution in [0.5, 0.6) is 0 Å². The number of piperidine rings is 1. The molecule has 0 radical (unpaired) electrons. The van der Waals surface area contributed by atoms with Gasteiger partial charge in [-0.05, 0) is 62.1 Å². The van der Waals surface area contributed by atoms with Crippen LogP contribution in [0.2, 0.25) is 0 Å². The third-order valence-electron chi connectivity index (χ3n) is 3.59. The van der Waals surface area contributed by atoms with Crippen molar-refractivity contribution in [3.05, 3.63) is 15.7 Å². The van der Waals surface area contributed by atoms with Crippen molar-refractivity contribution in [2.45, 2.75) is 51.3 Å². The van der Waals surface area contributed by atoms with Gasteiger partial charge in [-0.3, -0.25) is 4.90 Å². The van der Waals surface area contributed by atoms with Crippen LogP contribution in [0.1, 0.15) is 45.5 Å². The smallest absolute Gasteiger partial charge is 0.411 e. The first kappa shape index (κ1) is 13.2. The maximum absolute atomic E-state index is 12.3. The number of hydrogen-bond donors (Lipinski definition) is 1. The van der Waals surface area contributed by atoms with Crippen LogP contribution >= 0.6 is 22.6 Å². The summed E-state index contributed by atoms with van der Waals surface area (Å²) in [5.74, 6) is 1.50. The van der Waals surface area contributed by atoms with Crippen LogP contribution in [0.3, 0.4) is 0 Å². The zero-order valence-corrected chi connectivity index (χ0v) is 13.5. The third-order valence-corrected chi connectivity index (χ3v) is 4.14. The summed E-state index contributed by atoms with van der Waals surface area (Å²) in [5.41, 5.74) is -0.452. The number of rotatable bonds is 1. The monoisotopic (exact) mass is 375 g/mol. The van der Waals surface area contributed by atoms with Gasteiger partial charge in [0.25, 0.3) is 0 Å². The standard InChI is InChI=1S/C13H18IN3O2/c1-13(2,3)19-12(18)17-8-4-7(8)5-9(17)11-15-6-10(14)16-11/h6-9H,4-5H2,1-3H3,(H,15,16)/t7-,8-,9-/m0/s1. The second-order valence-corrected chi connectivity index (χ2v) is 7.48. The Morgan fingerprint density at radius 2 is 2.26 bits per heavy atom. The number of hydrogen-bond acceptors (Lipinski definition) is 3. The normalized spacial score (nSPS) is 29.3. The van der Waals surface area contributed by atoms with Crippen LogP contribution in [0.15, 0.2) is 6.20 Å². The molecule has 3 atom stereocenters. The molecule has 0 bridgehead atoms. The Balaban J connectivity index is 1.80. The number of H-pyrrole nitrogens is 1. The highest BCUT2D eigenvalue weighted by Gasteiger charge is 2.56. The molecule has 2 fully saturated rings. The molecule has 1 saturated heterocycles. The maximum Gasteiger partial charge on any atom is 0.411 e. The Labute approximate surface area is 126 Å². The van der Waals surface area contributed by atoms with E-state index in [0.717, 1.165) is 22.4 Å². The molecule has 2 aliphatic rings. The van der Waals surface area contributed by atoms with Crippen molar-refractivity contribution in [3.8, 4) is 0 Å². The molecule has 104 valence electrons. The molecule has 19 heavy (non-hydrogen) atoms. The van der Waals surface area contributed by atoms with Crippen molar-refractivity contribution in [3.63, 3.8) is 0 Å². The minimum Gasteiger partial charge on any atom is -0.444 e. The van der Waals surface area contributed by atoms with Gasteiger partial charge in [0, 0.05) is 6.04 Å². The number of halogens is 1. The van der Waals surface area contributed by atoms with Gasteiger partial charge in [-0.2, -0.15) is 0 Å². The molecule has 5 nitrogen and oxygen atoms in total. The second kappa shape index (κ2) is 4.36. The molecule has 0 aromatic carbocycles. The number of ether oxygens (including phenoxy) is 1. The molecule has 0 unspecified atom stereocenters. The molecule has 1 aromatic rings. The Hall–Kier alpha value is -0.790. The SMILES string of the molecule is CC(C)(C)OC(=O)N1[C@H](c2ncc(I)[nH]2)C[C@@H]2C[C@@H]21. The zero-order valence-electron chi connectivity index (χ0n) is 11.3. The molecule has 1 aliphatic carbocycles. The van der Waals surface area contributed by atoms with Crippen LogP contribution in [0, 0.1) is 9.62 Å². The molecular weight excluding hydrogens is 357 g/mol. The number of fused-ring (bicyclic) bond motifs is 1. The Morgan fingerprint density at radius 3 is 2.84 bits per heavy atom. The third kappa shape index (κ3) is 2.59. The van der Waals surface area contributed by atoms with E-state index in [2.05, 4.69) is 32.6 Å². The van der Waals surface area contributed by atoms with Gasteiger partial charge in [-0.1, -0.05) is 0 Å². The first-order chi connectivity index (χ1) is 8.85. The van der Waals surface area contributed by atoms with E-state index in [0.29, 0.717) is 12.0 Å². The summed E-state index contributed by atoms with van der Waals surface area (Å²) in [6.07, 6.45) is 3.68. The van der Waals surface area contributed by atoms with Crippen molar-refractivity contribution < 1.29 is 9.53 Å². The van der Waals surface area contributed by atoms with E-state index in [4.69, 9.17) is 4.74 Å². The number of nitrogens with one attached hydrogen (secondary N) is 1. The van der Waals surface area contributed by atoms with Crippen molar-refractivity contribution in [1.29, 1.82) is 0 Å². The molecule has 1 N–H and O–H groups in total. The lowest BCUT2D eigenvalue weighted by molar-refractivity contribution is 0.0175. The fraction of sp³-hybridized carbons (Fsp3) is 0.692. The van der Waals surface area contributed by atoms with Crippen LogP contribution in [-0.4, -0.2) is 32.6 Å². The van der Waals surface area contributed by atoms with Crippen molar-refractivity contribution in [2.75, 3.05) is 0 Å². The van der Waals surface area contributed by atoms with E-state index in [1.807, 2.05) is 25.7 Å². The van der Waals surface area contributed by atoms with E-state index in [-0.39, 0.29) is 12.1 Å². The fourth-order valence-corrected chi connectivity index (χ4v) is 3.18. The van der Waals surface area contributed by atoms with E-state index >= 15 is 0 Å². The summed E-state index contributed by atoms with van der Waals surface area (Å²) in [4.78, 5) is 21.8. The summed E-state index contributed by atoms with van der Waals surface area (Å²) >= 11 is 2.20. The molecule has 6 heteroatoms. The quantitative estimate of drug-likeness (QED) is 0.768. The molecule has 0 spiro atoms. The molecule has 1 amide bonds. The topological polar surface area (TPSA) is 58.2 Å². The van der Waals surface area contributed by atoms with Crippen LogP contribution < -0.4 is 0 Å². The minimum atomic E-state index is -0.452. The van der Waals surface area contributed by atoms with Gasteiger partial charge in [0.15, 0.2) is 0 Å². The number of amides is 1. The van der Waals surface area contributed by atoms with Gasteiger partial charge in [-0.15, -0.1) is 0 Å². The van der Waals surface area contributed by atoms with E-state index < -0.39 is 5.60 Å². The predicted molar refractivity (Wildman–Crippen MR) is 78.6 cm³/mol. The fourth-order valence-electron chi connectivity index (χ4n) is 2.76. The Morgan fingerprint density at radius 1 is 1.53 bits per heavy atom. The molecule has 3 rings (SSSR count). The lowest BCUT2D eigenvalue weighted by Crippen LogP contribution is -2.38. The zero-order chi connectivity index (χ0) is 13.8. The first-order valence-electron chi connectivity index (χ1n) is 6.57. The molecular formula is C13H18IN3O2. The van der Waals surface area contributed by atoms with Crippen LogP contribution in [-0.2, 0) is 4.74 Å². The van der Waals surface area contributed by atoms with Gasteiger partial charge < -0.3 is 9.72 Å². The Bertz CT molecular complexity index is 508. The number of aromatic nitrogens is 2. The number of aromatic amines is 1. The van der Waals surface area contributed by atoms with E-state index in [1.165, 1.54) is 0 Å². The highest BCUT2D eigenvalue weighted by molar-refractivity contribution is 14.1. The summed E-state index contributed by atoms with van der Waals surface area (Å²) < 4.78 is 6.52. The van der Waals surface area contributed by atoms with Crippen molar-refractivity contribution in [1.82, 2.24) is 14.9 Å². The summed E-state index contributed by atoms with van der Waals surface area (Å²) in [6, 6.07) is 0.393. The largest absolute Gasteiger partial charge is 0.444 e. The number of carbonyl (C=O) groups excluding carboxylic acids is 1. The summed E-state index contributed by atoms with van der Waals surface area (Å²) in [5, 5.41) is 0.